The zero-order chi connectivity index (χ0) is 11.7. The number of benzene rings is 1. The summed E-state index contributed by atoms with van der Waals surface area (Å²) in [6.45, 7) is 6.22. The molecule has 1 aromatic rings. The summed E-state index contributed by atoms with van der Waals surface area (Å²) in [7, 11) is 0. The first-order chi connectivity index (χ1) is 7.58. The van der Waals surface area contributed by atoms with Gasteiger partial charge in [0, 0.05) is 5.56 Å². The van der Waals surface area contributed by atoms with Crippen LogP contribution in [0.25, 0.3) is 0 Å². The molecule has 0 aromatic heterocycles. The van der Waals surface area contributed by atoms with E-state index in [1.54, 1.807) is 11.8 Å². The van der Waals surface area contributed by atoms with Crippen molar-refractivity contribution in [2.75, 3.05) is 0 Å². The van der Waals surface area contributed by atoms with Gasteiger partial charge in [0.15, 0.2) is 5.44 Å². The fourth-order valence-corrected chi connectivity index (χ4v) is 2.66. The summed E-state index contributed by atoms with van der Waals surface area (Å²) in [4.78, 5) is 11.3. The predicted octanol–water partition coefficient (Wildman–Crippen LogP) is 3.49. The van der Waals surface area contributed by atoms with Crippen LogP contribution in [0.3, 0.4) is 0 Å². The predicted molar refractivity (Wildman–Crippen MR) is 66.4 cm³/mol. The largest absolute Gasteiger partial charge is 0.445 e. The Morgan fingerprint density at radius 1 is 1.25 bits per heavy atom. The quantitative estimate of drug-likeness (QED) is 0.735. The molecule has 1 fully saturated rings. The number of hydrogen-bond donors (Lipinski definition) is 0. The number of carbonyl (C=O) groups excluding carboxylic acids is 1. The first-order valence-electron chi connectivity index (χ1n) is 5.53. The van der Waals surface area contributed by atoms with Gasteiger partial charge in [-0.25, -0.2) is 0 Å². The average molecular weight is 236 g/mol. The van der Waals surface area contributed by atoms with Crippen molar-refractivity contribution in [3.8, 4) is 0 Å². The van der Waals surface area contributed by atoms with Crippen molar-refractivity contribution in [3.05, 3.63) is 35.4 Å². The van der Waals surface area contributed by atoms with Gasteiger partial charge in [-0.2, -0.15) is 0 Å². The maximum Gasteiger partial charge on any atom is 0.320 e. The van der Waals surface area contributed by atoms with Crippen molar-refractivity contribution < 1.29 is 9.53 Å². The van der Waals surface area contributed by atoms with Crippen LogP contribution in [0.5, 0.6) is 0 Å². The number of hydrogen-bond acceptors (Lipinski definition) is 3. The van der Waals surface area contributed by atoms with E-state index in [0.717, 1.165) is 5.56 Å². The molecule has 3 heteroatoms. The first-order valence-corrected chi connectivity index (χ1v) is 6.48. The van der Waals surface area contributed by atoms with E-state index in [2.05, 4.69) is 38.1 Å². The molecule has 2 nitrogen and oxygen atoms in total. The third-order valence-electron chi connectivity index (χ3n) is 2.76. The lowest BCUT2D eigenvalue weighted by Crippen LogP contribution is -2.06. The molecule has 0 amide bonds. The molecule has 86 valence electrons. The maximum absolute atomic E-state index is 11.3. The van der Waals surface area contributed by atoms with Crippen molar-refractivity contribution >= 4 is 17.7 Å². The Bertz CT molecular complexity index is 383. The van der Waals surface area contributed by atoms with Gasteiger partial charge in [-0.1, -0.05) is 49.9 Å². The second-order valence-electron chi connectivity index (χ2n) is 4.37. The molecule has 1 aliphatic rings. The second kappa shape index (κ2) is 4.50. The van der Waals surface area contributed by atoms with Crippen LogP contribution in [0, 0.1) is 0 Å². The first kappa shape index (κ1) is 11.5. The van der Waals surface area contributed by atoms with Crippen molar-refractivity contribution in [1.29, 1.82) is 0 Å². The standard InChI is InChI=1S/C13H16O2S/c1-8(2)10-4-6-11(7-5-10)13-15-12(14)9(3)16-13/h4-9,13H,1-3H3. The highest BCUT2D eigenvalue weighted by Gasteiger charge is 2.32. The third kappa shape index (κ3) is 2.24. The summed E-state index contributed by atoms with van der Waals surface area (Å²) in [5, 5.41) is -0.0465. The molecule has 0 bridgehead atoms. The van der Waals surface area contributed by atoms with Crippen LogP contribution < -0.4 is 0 Å². The van der Waals surface area contributed by atoms with E-state index < -0.39 is 0 Å². The summed E-state index contributed by atoms with van der Waals surface area (Å²) in [6.07, 6.45) is 0. The van der Waals surface area contributed by atoms with Crippen LogP contribution in [-0.4, -0.2) is 11.2 Å². The van der Waals surface area contributed by atoms with Gasteiger partial charge in [-0.3, -0.25) is 4.79 Å². The zero-order valence-corrected chi connectivity index (χ0v) is 10.6. The van der Waals surface area contributed by atoms with Gasteiger partial charge < -0.3 is 4.74 Å². The second-order valence-corrected chi connectivity index (χ2v) is 5.78. The molecule has 1 heterocycles. The molecule has 0 radical (unpaired) electrons. The van der Waals surface area contributed by atoms with Gasteiger partial charge >= 0.3 is 5.97 Å². The molecule has 1 aromatic carbocycles. The molecular weight excluding hydrogens is 220 g/mol. The minimum atomic E-state index is -0.122. The molecule has 0 saturated carbocycles. The van der Waals surface area contributed by atoms with Gasteiger partial charge in [0.1, 0.15) is 5.25 Å². The van der Waals surface area contributed by atoms with E-state index in [1.165, 1.54) is 5.56 Å². The third-order valence-corrected chi connectivity index (χ3v) is 3.97. The van der Waals surface area contributed by atoms with Gasteiger partial charge in [0.05, 0.1) is 0 Å². The van der Waals surface area contributed by atoms with Crippen LogP contribution in [-0.2, 0) is 9.53 Å². The fraction of sp³-hybridized carbons (Fsp3) is 0.462. The van der Waals surface area contributed by atoms with Crippen LogP contribution >= 0.6 is 11.8 Å². The summed E-state index contributed by atoms with van der Waals surface area (Å²) >= 11 is 1.57. The lowest BCUT2D eigenvalue weighted by atomic mass is 10.0. The molecule has 2 atom stereocenters. The Labute approximate surface area is 100 Å². The smallest absolute Gasteiger partial charge is 0.320 e. The summed E-state index contributed by atoms with van der Waals surface area (Å²) < 4.78 is 5.28. The number of ether oxygens (including phenoxy) is 1. The van der Waals surface area contributed by atoms with Crippen molar-refractivity contribution in [2.24, 2.45) is 0 Å². The van der Waals surface area contributed by atoms with Crippen molar-refractivity contribution in [1.82, 2.24) is 0 Å². The lowest BCUT2D eigenvalue weighted by molar-refractivity contribution is -0.142. The fourth-order valence-electron chi connectivity index (χ4n) is 1.65. The lowest BCUT2D eigenvalue weighted by Gasteiger charge is -2.10. The highest BCUT2D eigenvalue weighted by molar-refractivity contribution is 8.01. The monoisotopic (exact) mass is 236 g/mol. The van der Waals surface area contributed by atoms with E-state index in [0.29, 0.717) is 5.92 Å². The Hall–Kier alpha value is -0.960. The highest BCUT2D eigenvalue weighted by atomic mass is 32.2. The number of rotatable bonds is 2. The van der Waals surface area contributed by atoms with E-state index in [1.807, 2.05) is 6.92 Å². The molecule has 16 heavy (non-hydrogen) atoms. The Morgan fingerprint density at radius 2 is 1.88 bits per heavy atom. The molecule has 0 aliphatic carbocycles. The van der Waals surface area contributed by atoms with Crippen LogP contribution in [0.2, 0.25) is 0 Å². The van der Waals surface area contributed by atoms with Crippen LogP contribution in [0.4, 0.5) is 0 Å². The topological polar surface area (TPSA) is 26.3 Å². The average Bonchev–Trinajstić information content (AvgIpc) is 2.59. The highest BCUT2D eigenvalue weighted by Crippen LogP contribution is 2.40. The normalized spacial score (nSPS) is 24.9. The molecule has 2 rings (SSSR count). The zero-order valence-electron chi connectivity index (χ0n) is 9.77. The van der Waals surface area contributed by atoms with Crippen molar-refractivity contribution in [3.63, 3.8) is 0 Å². The number of carbonyl (C=O) groups is 1. The van der Waals surface area contributed by atoms with Gasteiger partial charge in [-0.05, 0) is 18.4 Å². The van der Waals surface area contributed by atoms with Crippen molar-refractivity contribution in [2.45, 2.75) is 37.4 Å². The minimum Gasteiger partial charge on any atom is -0.445 e. The molecule has 1 saturated heterocycles. The minimum absolute atomic E-state index is 0.0465. The molecule has 0 N–H and O–H groups in total. The van der Waals surface area contributed by atoms with Gasteiger partial charge in [0.2, 0.25) is 0 Å². The summed E-state index contributed by atoms with van der Waals surface area (Å²) in [6, 6.07) is 8.32. The van der Waals surface area contributed by atoms with Crippen LogP contribution in [0.15, 0.2) is 24.3 Å². The number of thioether (sulfide) groups is 1. The van der Waals surface area contributed by atoms with Gasteiger partial charge in [0.25, 0.3) is 0 Å². The summed E-state index contributed by atoms with van der Waals surface area (Å²) in [5.41, 5.74) is 2.27. The SMILES string of the molecule is CC1SC(c2ccc(C(C)C)cc2)OC1=O. The Balaban J connectivity index is 2.14. The molecule has 1 aliphatic heterocycles. The van der Waals surface area contributed by atoms with Crippen LogP contribution in [0.1, 0.15) is 43.3 Å². The number of cyclic esters (lactones) is 1. The molecule has 0 spiro atoms. The van der Waals surface area contributed by atoms with E-state index in [9.17, 15) is 4.79 Å². The van der Waals surface area contributed by atoms with Gasteiger partial charge in [-0.15, -0.1) is 0 Å². The Kier molecular flexibility index (Phi) is 3.24. The molecule has 2 unspecified atom stereocenters. The maximum atomic E-state index is 11.3. The van der Waals surface area contributed by atoms with E-state index in [4.69, 9.17) is 4.74 Å². The van der Waals surface area contributed by atoms with E-state index in [-0.39, 0.29) is 16.7 Å². The Morgan fingerprint density at radius 3 is 2.31 bits per heavy atom. The summed E-state index contributed by atoms with van der Waals surface area (Å²) in [5.74, 6) is 0.426. The number of esters is 1. The molecular formula is C13H16O2S. The van der Waals surface area contributed by atoms with E-state index >= 15 is 0 Å².